The number of hydrogen-bond acceptors (Lipinski definition) is 3. The molecule has 0 saturated heterocycles. The van der Waals surface area contributed by atoms with Gasteiger partial charge in [-0.3, -0.25) is 4.79 Å². The lowest BCUT2D eigenvalue weighted by molar-refractivity contribution is 0.583. The zero-order valence-corrected chi connectivity index (χ0v) is 8.57. The van der Waals surface area contributed by atoms with E-state index in [4.69, 9.17) is 4.42 Å². The van der Waals surface area contributed by atoms with Crippen molar-refractivity contribution >= 4 is 11.0 Å². The molecule has 16 heavy (non-hydrogen) atoms. The monoisotopic (exact) mass is 215 g/mol. The number of H-pyrrole nitrogens is 2. The van der Waals surface area contributed by atoms with Gasteiger partial charge in [0.25, 0.3) is 5.56 Å². The van der Waals surface area contributed by atoms with Crippen molar-refractivity contribution in [1.82, 2.24) is 15.0 Å². The Morgan fingerprint density at radius 2 is 2.31 bits per heavy atom. The molecule has 0 unspecified atom stereocenters. The summed E-state index contributed by atoms with van der Waals surface area (Å²) in [7, 11) is 0. The lowest BCUT2D eigenvalue weighted by atomic mass is 10.2. The SMILES string of the molecule is Cc1nc2[nH]cc(-c3ccco3)c2c(=O)[nH]1. The van der Waals surface area contributed by atoms with E-state index in [-0.39, 0.29) is 5.56 Å². The quantitative estimate of drug-likeness (QED) is 0.650. The molecule has 0 saturated carbocycles. The molecule has 0 bridgehead atoms. The first-order valence-corrected chi connectivity index (χ1v) is 4.87. The molecule has 0 amide bonds. The van der Waals surface area contributed by atoms with E-state index in [1.54, 1.807) is 25.5 Å². The van der Waals surface area contributed by atoms with Gasteiger partial charge in [0.2, 0.25) is 0 Å². The van der Waals surface area contributed by atoms with E-state index >= 15 is 0 Å². The third-order valence-electron chi connectivity index (χ3n) is 2.45. The third-order valence-corrected chi connectivity index (χ3v) is 2.45. The van der Waals surface area contributed by atoms with Crippen LogP contribution in [0.15, 0.2) is 33.8 Å². The van der Waals surface area contributed by atoms with Crippen LogP contribution in [0.2, 0.25) is 0 Å². The number of nitrogens with zero attached hydrogens (tertiary/aromatic N) is 1. The van der Waals surface area contributed by atoms with Crippen LogP contribution in [0.1, 0.15) is 5.82 Å². The van der Waals surface area contributed by atoms with Crippen molar-refractivity contribution in [3.63, 3.8) is 0 Å². The van der Waals surface area contributed by atoms with Crippen LogP contribution >= 0.6 is 0 Å². The molecule has 0 fully saturated rings. The Morgan fingerprint density at radius 1 is 1.44 bits per heavy atom. The number of fused-ring (bicyclic) bond motifs is 1. The van der Waals surface area contributed by atoms with Crippen molar-refractivity contribution in [1.29, 1.82) is 0 Å². The minimum Gasteiger partial charge on any atom is -0.464 e. The summed E-state index contributed by atoms with van der Waals surface area (Å²) in [4.78, 5) is 21.7. The predicted octanol–water partition coefficient (Wildman–Crippen LogP) is 1.82. The summed E-state index contributed by atoms with van der Waals surface area (Å²) < 4.78 is 5.27. The molecule has 2 N–H and O–H groups in total. The molecule has 0 spiro atoms. The summed E-state index contributed by atoms with van der Waals surface area (Å²) in [5, 5.41) is 0.528. The van der Waals surface area contributed by atoms with Gasteiger partial charge in [-0.1, -0.05) is 0 Å². The molecule has 3 aromatic rings. The van der Waals surface area contributed by atoms with Crippen LogP contribution in [0.25, 0.3) is 22.4 Å². The van der Waals surface area contributed by atoms with E-state index in [0.717, 1.165) is 5.56 Å². The molecule has 0 aliphatic heterocycles. The first-order valence-electron chi connectivity index (χ1n) is 4.87. The van der Waals surface area contributed by atoms with E-state index < -0.39 is 0 Å². The molecule has 5 nitrogen and oxygen atoms in total. The van der Waals surface area contributed by atoms with Gasteiger partial charge >= 0.3 is 0 Å². The summed E-state index contributed by atoms with van der Waals surface area (Å²) in [6.07, 6.45) is 3.30. The summed E-state index contributed by atoms with van der Waals surface area (Å²) in [6.45, 7) is 1.74. The van der Waals surface area contributed by atoms with Gasteiger partial charge in [0.1, 0.15) is 17.2 Å². The minimum absolute atomic E-state index is 0.157. The Morgan fingerprint density at radius 3 is 3.06 bits per heavy atom. The Balaban J connectivity index is 2.41. The number of aromatic nitrogens is 3. The number of aryl methyl sites for hydroxylation is 1. The number of aromatic amines is 2. The third kappa shape index (κ3) is 1.18. The van der Waals surface area contributed by atoms with Gasteiger partial charge in [0.05, 0.1) is 11.6 Å². The van der Waals surface area contributed by atoms with Gasteiger partial charge in [-0.05, 0) is 19.1 Å². The molecule has 5 heteroatoms. The number of nitrogens with one attached hydrogen (secondary N) is 2. The lowest BCUT2D eigenvalue weighted by Crippen LogP contribution is -2.09. The van der Waals surface area contributed by atoms with Gasteiger partial charge in [-0.2, -0.15) is 0 Å². The molecule has 0 aromatic carbocycles. The number of hydrogen-bond donors (Lipinski definition) is 2. The molecule has 0 aliphatic carbocycles. The topological polar surface area (TPSA) is 74.7 Å². The van der Waals surface area contributed by atoms with Crippen LogP contribution in [0.5, 0.6) is 0 Å². The normalized spacial score (nSPS) is 11.1. The van der Waals surface area contributed by atoms with E-state index in [0.29, 0.717) is 22.6 Å². The van der Waals surface area contributed by atoms with Crippen molar-refractivity contribution in [2.24, 2.45) is 0 Å². The molecule has 80 valence electrons. The Labute approximate surface area is 90.1 Å². The second-order valence-electron chi connectivity index (χ2n) is 3.55. The maximum absolute atomic E-state index is 11.8. The first kappa shape index (κ1) is 8.96. The van der Waals surface area contributed by atoms with Crippen LogP contribution in [-0.2, 0) is 0 Å². The van der Waals surface area contributed by atoms with Gasteiger partial charge in [-0.15, -0.1) is 0 Å². The van der Waals surface area contributed by atoms with E-state index in [1.807, 2.05) is 6.07 Å². The van der Waals surface area contributed by atoms with Crippen LogP contribution in [-0.4, -0.2) is 15.0 Å². The maximum Gasteiger partial charge on any atom is 0.261 e. The van der Waals surface area contributed by atoms with Crippen LogP contribution in [0.4, 0.5) is 0 Å². The standard InChI is InChI=1S/C11H9N3O2/c1-6-13-10-9(11(15)14-6)7(5-12-10)8-3-2-4-16-8/h2-5H,1H3,(H2,12,13,14,15). The van der Waals surface area contributed by atoms with Crippen LogP contribution in [0.3, 0.4) is 0 Å². The summed E-state index contributed by atoms with van der Waals surface area (Å²) in [6, 6.07) is 3.59. The second-order valence-corrected chi connectivity index (χ2v) is 3.55. The fourth-order valence-corrected chi connectivity index (χ4v) is 1.78. The fourth-order valence-electron chi connectivity index (χ4n) is 1.78. The van der Waals surface area contributed by atoms with Crippen LogP contribution in [0, 0.1) is 6.92 Å². The molecule has 0 aliphatic rings. The Hall–Kier alpha value is -2.30. The highest BCUT2D eigenvalue weighted by molar-refractivity contribution is 5.91. The smallest absolute Gasteiger partial charge is 0.261 e. The lowest BCUT2D eigenvalue weighted by Gasteiger charge is -1.94. The summed E-state index contributed by atoms with van der Waals surface area (Å²) in [5.41, 5.74) is 1.15. The summed E-state index contributed by atoms with van der Waals surface area (Å²) >= 11 is 0. The van der Waals surface area contributed by atoms with Crippen molar-refractivity contribution in [2.75, 3.05) is 0 Å². The highest BCUT2D eigenvalue weighted by Crippen LogP contribution is 2.25. The number of furan rings is 1. The highest BCUT2D eigenvalue weighted by Gasteiger charge is 2.12. The Bertz CT molecular complexity index is 692. The molecule has 0 atom stereocenters. The second kappa shape index (κ2) is 3.10. The first-order chi connectivity index (χ1) is 7.75. The zero-order chi connectivity index (χ0) is 11.1. The number of rotatable bonds is 1. The van der Waals surface area contributed by atoms with Crippen molar-refractivity contribution in [3.05, 3.63) is 40.8 Å². The molecule has 3 aromatic heterocycles. The average Bonchev–Trinajstić information content (AvgIpc) is 2.82. The minimum atomic E-state index is -0.157. The molecule has 3 heterocycles. The Kier molecular flexibility index (Phi) is 1.73. The average molecular weight is 215 g/mol. The predicted molar refractivity (Wildman–Crippen MR) is 59.2 cm³/mol. The maximum atomic E-state index is 11.8. The largest absolute Gasteiger partial charge is 0.464 e. The molecular formula is C11H9N3O2. The highest BCUT2D eigenvalue weighted by atomic mass is 16.3. The summed E-state index contributed by atoms with van der Waals surface area (Å²) in [5.74, 6) is 1.24. The zero-order valence-electron chi connectivity index (χ0n) is 8.57. The fraction of sp³-hybridized carbons (Fsp3) is 0.0909. The van der Waals surface area contributed by atoms with Gasteiger partial charge in [0, 0.05) is 11.8 Å². The van der Waals surface area contributed by atoms with Crippen molar-refractivity contribution in [3.8, 4) is 11.3 Å². The van der Waals surface area contributed by atoms with Crippen molar-refractivity contribution in [2.45, 2.75) is 6.92 Å². The van der Waals surface area contributed by atoms with Crippen LogP contribution < -0.4 is 5.56 Å². The van der Waals surface area contributed by atoms with E-state index in [2.05, 4.69) is 15.0 Å². The van der Waals surface area contributed by atoms with E-state index in [1.165, 1.54) is 0 Å². The van der Waals surface area contributed by atoms with Gasteiger partial charge in [-0.25, -0.2) is 4.98 Å². The van der Waals surface area contributed by atoms with Gasteiger partial charge in [0.15, 0.2) is 0 Å². The molecular weight excluding hydrogens is 206 g/mol. The van der Waals surface area contributed by atoms with Crippen molar-refractivity contribution < 1.29 is 4.42 Å². The van der Waals surface area contributed by atoms with Gasteiger partial charge < -0.3 is 14.4 Å². The molecule has 0 radical (unpaired) electrons. The molecule has 3 rings (SSSR count). The van der Waals surface area contributed by atoms with E-state index in [9.17, 15) is 4.79 Å².